The predicted molar refractivity (Wildman–Crippen MR) is 144 cm³/mol. The summed E-state index contributed by atoms with van der Waals surface area (Å²) in [6, 6.07) is 21.5. The summed E-state index contributed by atoms with van der Waals surface area (Å²) in [7, 11) is -2.32. The van der Waals surface area contributed by atoms with Crippen LogP contribution >= 0.6 is 23.2 Å². The van der Waals surface area contributed by atoms with Crippen LogP contribution in [0.3, 0.4) is 0 Å². The van der Waals surface area contributed by atoms with Gasteiger partial charge in [0.2, 0.25) is 21.8 Å². The second-order valence-corrected chi connectivity index (χ2v) is 11.0. The Morgan fingerprint density at radius 3 is 1.94 bits per heavy atom. The average Bonchev–Trinajstić information content (AvgIpc) is 2.86. The highest BCUT2D eigenvalue weighted by molar-refractivity contribution is 7.92. The number of sulfonamides is 1. The highest BCUT2D eigenvalue weighted by Gasteiger charge is 2.32. The van der Waals surface area contributed by atoms with Crippen LogP contribution in [0.2, 0.25) is 10.0 Å². The minimum atomic E-state index is -3.82. The molecule has 0 aliphatic carbocycles. The zero-order valence-electron chi connectivity index (χ0n) is 19.9. The fraction of sp³-hybridized carbons (Fsp3) is 0.231. The van der Waals surface area contributed by atoms with E-state index in [0.29, 0.717) is 15.7 Å². The molecule has 3 rings (SSSR count). The molecule has 0 saturated heterocycles. The van der Waals surface area contributed by atoms with Crippen LogP contribution in [-0.2, 0) is 32.6 Å². The maximum atomic E-state index is 13.8. The summed E-state index contributed by atoms with van der Waals surface area (Å²) in [5, 5.41) is 3.61. The lowest BCUT2D eigenvalue weighted by molar-refractivity contribution is -0.139. The number of nitrogens with zero attached hydrogens (tertiary/aromatic N) is 2. The van der Waals surface area contributed by atoms with Crippen molar-refractivity contribution >= 4 is 50.7 Å². The molecule has 0 heterocycles. The number of carbonyl (C=O) groups is 2. The molecular weight excluding hydrogens is 521 g/mol. The molecule has 3 aromatic carbocycles. The van der Waals surface area contributed by atoms with E-state index in [9.17, 15) is 18.0 Å². The molecule has 0 aliphatic heterocycles. The van der Waals surface area contributed by atoms with Crippen molar-refractivity contribution in [3.8, 4) is 0 Å². The second-order valence-electron chi connectivity index (χ2n) is 8.21. The van der Waals surface area contributed by atoms with Gasteiger partial charge in [-0.1, -0.05) is 65.7 Å². The van der Waals surface area contributed by atoms with E-state index in [2.05, 4.69) is 5.32 Å². The summed E-state index contributed by atoms with van der Waals surface area (Å²) in [5.41, 5.74) is 1.89. The van der Waals surface area contributed by atoms with Gasteiger partial charge >= 0.3 is 0 Å². The lowest BCUT2D eigenvalue weighted by Gasteiger charge is -2.33. The molecule has 36 heavy (non-hydrogen) atoms. The van der Waals surface area contributed by atoms with Gasteiger partial charge in [-0.15, -0.1) is 0 Å². The fourth-order valence-corrected chi connectivity index (χ4v) is 4.83. The van der Waals surface area contributed by atoms with Crippen molar-refractivity contribution in [3.05, 3.63) is 100 Å². The molecule has 0 bridgehead atoms. The Labute approximate surface area is 221 Å². The van der Waals surface area contributed by atoms with Crippen molar-refractivity contribution in [1.29, 1.82) is 0 Å². The van der Waals surface area contributed by atoms with E-state index in [1.54, 1.807) is 36.4 Å². The summed E-state index contributed by atoms with van der Waals surface area (Å²) in [5.74, 6) is -0.895. The maximum Gasteiger partial charge on any atom is 0.244 e. The van der Waals surface area contributed by atoms with Crippen molar-refractivity contribution in [3.63, 3.8) is 0 Å². The first-order valence-electron chi connectivity index (χ1n) is 11.1. The van der Waals surface area contributed by atoms with Crippen LogP contribution in [0, 0.1) is 0 Å². The van der Waals surface area contributed by atoms with Crippen molar-refractivity contribution in [2.24, 2.45) is 0 Å². The standard InChI is InChI=1S/C26H27Cl2N3O4S/c1-29-26(33)24(16-19-6-4-3-5-7-19)30(17-20-8-10-21(27)11-9-20)25(32)18-31(36(2,34)35)23-14-12-22(28)13-15-23/h3-15,24H,16-18H2,1-2H3,(H,29,33)/t24-/m1/s1. The molecule has 10 heteroatoms. The van der Waals surface area contributed by atoms with Crippen molar-refractivity contribution < 1.29 is 18.0 Å². The minimum Gasteiger partial charge on any atom is -0.357 e. The molecule has 0 unspecified atom stereocenters. The Kier molecular flexibility index (Phi) is 9.37. The molecule has 0 fully saturated rings. The monoisotopic (exact) mass is 547 g/mol. The Balaban J connectivity index is 2.00. The molecule has 0 radical (unpaired) electrons. The fourth-order valence-electron chi connectivity index (χ4n) is 3.73. The zero-order chi connectivity index (χ0) is 26.3. The second kappa shape index (κ2) is 12.3. The molecule has 0 aromatic heterocycles. The number of nitrogens with one attached hydrogen (secondary N) is 1. The normalized spacial score (nSPS) is 12.0. The Morgan fingerprint density at radius 1 is 0.861 bits per heavy atom. The number of anilines is 1. The third kappa shape index (κ3) is 7.46. The van der Waals surface area contributed by atoms with E-state index >= 15 is 0 Å². The SMILES string of the molecule is CNC(=O)[C@@H](Cc1ccccc1)N(Cc1ccc(Cl)cc1)C(=O)CN(c1ccc(Cl)cc1)S(C)(=O)=O. The Hall–Kier alpha value is -3.07. The molecule has 1 atom stereocenters. The van der Waals surface area contributed by atoms with Gasteiger partial charge in [-0.3, -0.25) is 13.9 Å². The highest BCUT2D eigenvalue weighted by Crippen LogP contribution is 2.22. The van der Waals surface area contributed by atoms with E-state index in [1.165, 1.54) is 24.1 Å². The summed E-state index contributed by atoms with van der Waals surface area (Å²) in [6.07, 6.45) is 1.28. The number of likely N-dealkylation sites (N-methyl/N-ethyl adjacent to an activating group) is 1. The number of hydrogen-bond donors (Lipinski definition) is 1. The van der Waals surface area contributed by atoms with Gasteiger partial charge in [-0.05, 0) is 47.5 Å². The van der Waals surface area contributed by atoms with E-state index < -0.39 is 28.5 Å². The number of carbonyl (C=O) groups excluding carboxylic acids is 2. The Morgan fingerprint density at radius 2 is 1.42 bits per heavy atom. The van der Waals surface area contributed by atoms with Crippen molar-refractivity contribution in [2.75, 3.05) is 24.2 Å². The van der Waals surface area contributed by atoms with E-state index in [4.69, 9.17) is 23.2 Å². The molecule has 3 aromatic rings. The van der Waals surface area contributed by atoms with Crippen LogP contribution in [0.5, 0.6) is 0 Å². The average molecular weight is 548 g/mol. The van der Waals surface area contributed by atoms with Gasteiger partial charge in [0.15, 0.2) is 0 Å². The lowest BCUT2D eigenvalue weighted by Crippen LogP contribution is -2.52. The van der Waals surface area contributed by atoms with E-state index in [0.717, 1.165) is 21.7 Å². The van der Waals surface area contributed by atoms with Crippen molar-refractivity contribution in [1.82, 2.24) is 10.2 Å². The number of amides is 2. The quantitative estimate of drug-likeness (QED) is 0.413. The smallest absolute Gasteiger partial charge is 0.244 e. The molecule has 0 spiro atoms. The molecule has 7 nitrogen and oxygen atoms in total. The topological polar surface area (TPSA) is 86.8 Å². The van der Waals surface area contributed by atoms with Gasteiger partial charge in [0.1, 0.15) is 12.6 Å². The first kappa shape index (κ1) is 27.5. The van der Waals surface area contributed by atoms with Crippen LogP contribution in [0.1, 0.15) is 11.1 Å². The van der Waals surface area contributed by atoms with Crippen molar-refractivity contribution in [2.45, 2.75) is 19.0 Å². The third-order valence-electron chi connectivity index (χ3n) is 5.58. The zero-order valence-corrected chi connectivity index (χ0v) is 22.2. The van der Waals surface area contributed by atoms with Gasteiger partial charge in [0.05, 0.1) is 11.9 Å². The number of benzene rings is 3. The largest absolute Gasteiger partial charge is 0.357 e. The summed E-state index contributed by atoms with van der Waals surface area (Å²) < 4.78 is 26.3. The molecule has 190 valence electrons. The third-order valence-corrected chi connectivity index (χ3v) is 7.22. The number of rotatable bonds is 10. The van der Waals surface area contributed by atoms with Gasteiger partial charge in [0, 0.05) is 30.1 Å². The minimum absolute atomic E-state index is 0.0825. The summed E-state index contributed by atoms with van der Waals surface area (Å²) >= 11 is 12.0. The summed E-state index contributed by atoms with van der Waals surface area (Å²) in [6.45, 7) is -0.407. The van der Waals surface area contributed by atoms with Gasteiger partial charge in [0.25, 0.3) is 0 Å². The van der Waals surface area contributed by atoms with Gasteiger partial charge in [-0.2, -0.15) is 0 Å². The molecular formula is C26H27Cl2N3O4S. The predicted octanol–water partition coefficient (Wildman–Crippen LogP) is 4.15. The van der Waals surface area contributed by atoms with E-state index in [1.807, 2.05) is 30.3 Å². The summed E-state index contributed by atoms with van der Waals surface area (Å²) in [4.78, 5) is 28.2. The van der Waals surface area contributed by atoms with Crippen LogP contribution in [-0.4, -0.2) is 51.0 Å². The van der Waals surface area contributed by atoms with Gasteiger partial charge in [-0.25, -0.2) is 8.42 Å². The molecule has 2 amide bonds. The lowest BCUT2D eigenvalue weighted by atomic mass is 10.0. The Bertz CT molecular complexity index is 1290. The molecule has 0 saturated carbocycles. The van der Waals surface area contributed by atoms with Crippen LogP contribution < -0.4 is 9.62 Å². The number of halogens is 2. The van der Waals surface area contributed by atoms with E-state index in [-0.39, 0.29) is 18.9 Å². The molecule has 1 N–H and O–H groups in total. The van der Waals surface area contributed by atoms with Crippen LogP contribution in [0.4, 0.5) is 5.69 Å². The number of hydrogen-bond acceptors (Lipinski definition) is 4. The van der Waals surface area contributed by atoms with Crippen LogP contribution in [0.25, 0.3) is 0 Å². The first-order chi connectivity index (χ1) is 17.1. The first-order valence-corrected chi connectivity index (χ1v) is 13.7. The van der Waals surface area contributed by atoms with Gasteiger partial charge < -0.3 is 10.2 Å². The maximum absolute atomic E-state index is 13.8. The molecule has 0 aliphatic rings. The van der Waals surface area contributed by atoms with Crippen LogP contribution in [0.15, 0.2) is 78.9 Å². The highest BCUT2D eigenvalue weighted by atomic mass is 35.5.